The number of ether oxygens (including phenoxy) is 2. The number of likely N-dealkylation sites (tertiary alicyclic amines) is 1. The van der Waals surface area contributed by atoms with Gasteiger partial charge in [0.15, 0.2) is 11.5 Å². The van der Waals surface area contributed by atoms with E-state index in [0.717, 1.165) is 43.1 Å². The van der Waals surface area contributed by atoms with E-state index in [1.165, 1.54) is 12.8 Å². The van der Waals surface area contributed by atoms with Crippen molar-refractivity contribution in [3.05, 3.63) is 18.0 Å². The summed E-state index contributed by atoms with van der Waals surface area (Å²) in [6.07, 6.45) is 6.08. The molecule has 0 aliphatic carbocycles. The molecule has 5 nitrogen and oxygen atoms in total. The summed E-state index contributed by atoms with van der Waals surface area (Å²) < 4.78 is 10.8. The standard InChI is InChI=1S/C15H24N2O3/c1-19-14-7-8-16-13(15(14)20-2)11-17-9-3-5-12(17)6-4-10-18/h7-8,12,18H,3-6,9-11H2,1-2H3. The highest BCUT2D eigenvalue weighted by Gasteiger charge is 2.25. The minimum Gasteiger partial charge on any atom is -0.493 e. The Balaban J connectivity index is 2.09. The molecule has 0 spiro atoms. The van der Waals surface area contributed by atoms with Crippen LogP contribution in [0.2, 0.25) is 0 Å². The number of aliphatic hydroxyl groups excluding tert-OH is 1. The second-order valence-electron chi connectivity index (χ2n) is 5.13. The van der Waals surface area contributed by atoms with Gasteiger partial charge in [-0.15, -0.1) is 0 Å². The minimum absolute atomic E-state index is 0.269. The molecule has 0 saturated carbocycles. The van der Waals surface area contributed by atoms with Crippen molar-refractivity contribution in [3.8, 4) is 11.5 Å². The van der Waals surface area contributed by atoms with Crippen molar-refractivity contribution >= 4 is 0 Å². The van der Waals surface area contributed by atoms with Gasteiger partial charge in [-0.2, -0.15) is 0 Å². The number of nitrogens with zero attached hydrogens (tertiary/aromatic N) is 2. The maximum atomic E-state index is 8.99. The molecule has 2 rings (SSSR count). The monoisotopic (exact) mass is 280 g/mol. The fourth-order valence-corrected chi connectivity index (χ4v) is 2.91. The number of hydrogen-bond donors (Lipinski definition) is 1. The Morgan fingerprint density at radius 2 is 2.25 bits per heavy atom. The molecule has 1 atom stereocenters. The molecular weight excluding hydrogens is 256 g/mol. The SMILES string of the molecule is COc1ccnc(CN2CCCC2CCCO)c1OC. The zero-order valence-corrected chi connectivity index (χ0v) is 12.3. The lowest BCUT2D eigenvalue weighted by molar-refractivity contribution is 0.205. The molecule has 2 heterocycles. The van der Waals surface area contributed by atoms with Crippen LogP contribution in [0.3, 0.4) is 0 Å². The van der Waals surface area contributed by atoms with Crippen LogP contribution in [-0.4, -0.2) is 48.4 Å². The van der Waals surface area contributed by atoms with Crippen molar-refractivity contribution in [1.29, 1.82) is 0 Å². The summed E-state index contributed by atoms with van der Waals surface area (Å²) in [5.74, 6) is 1.45. The average Bonchev–Trinajstić information content (AvgIpc) is 2.92. The first-order valence-corrected chi connectivity index (χ1v) is 7.21. The maximum Gasteiger partial charge on any atom is 0.183 e. The van der Waals surface area contributed by atoms with Crippen LogP contribution in [0.5, 0.6) is 11.5 Å². The van der Waals surface area contributed by atoms with E-state index in [4.69, 9.17) is 14.6 Å². The van der Waals surface area contributed by atoms with Gasteiger partial charge in [-0.25, -0.2) is 0 Å². The predicted octanol–water partition coefficient (Wildman–Crippen LogP) is 1.84. The van der Waals surface area contributed by atoms with Crippen LogP contribution in [0.15, 0.2) is 12.3 Å². The van der Waals surface area contributed by atoms with Crippen LogP contribution in [0.25, 0.3) is 0 Å². The Morgan fingerprint density at radius 3 is 2.95 bits per heavy atom. The van der Waals surface area contributed by atoms with Crippen LogP contribution in [0, 0.1) is 0 Å². The zero-order chi connectivity index (χ0) is 14.4. The Bertz CT molecular complexity index is 426. The maximum absolute atomic E-state index is 8.99. The number of methoxy groups -OCH3 is 2. The quantitative estimate of drug-likeness (QED) is 0.826. The molecule has 0 bridgehead atoms. The summed E-state index contributed by atoms with van der Waals surface area (Å²) in [5.41, 5.74) is 0.919. The van der Waals surface area contributed by atoms with Gasteiger partial charge in [0.1, 0.15) is 5.69 Å². The highest BCUT2D eigenvalue weighted by molar-refractivity contribution is 5.42. The summed E-state index contributed by atoms with van der Waals surface area (Å²) in [5, 5.41) is 8.99. The lowest BCUT2D eigenvalue weighted by Gasteiger charge is -2.24. The van der Waals surface area contributed by atoms with E-state index in [2.05, 4.69) is 9.88 Å². The second kappa shape index (κ2) is 7.45. The molecule has 1 aromatic rings. The van der Waals surface area contributed by atoms with Gasteiger partial charge in [0.2, 0.25) is 0 Å². The molecule has 0 aromatic carbocycles. The Morgan fingerprint density at radius 1 is 1.40 bits per heavy atom. The van der Waals surface area contributed by atoms with E-state index in [1.54, 1.807) is 20.4 Å². The summed E-state index contributed by atoms with van der Waals surface area (Å²) in [6, 6.07) is 2.36. The summed E-state index contributed by atoms with van der Waals surface area (Å²) >= 11 is 0. The lowest BCUT2D eigenvalue weighted by atomic mass is 10.1. The van der Waals surface area contributed by atoms with Gasteiger partial charge >= 0.3 is 0 Å². The van der Waals surface area contributed by atoms with Gasteiger partial charge in [0, 0.05) is 31.5 Å². The molecule has 1 aliphatic heterocycles. The zero-order valence-electron chi connectivity index (χ0n) is 12.3. The van der Waals surface area contributed by atoms with Gasteiger partial charge in [-0.05, 0) is 32.2 Å². The van der Waals surface area contributed by atoms with E-state index in [0.29, 0.717) is 6.04 Å². The lowest BCUT2D eigenvalue weighted by Crippen LogP contribution is -2.29. The van der Waals surface area contributed by atoms with Crippen molar-refractivity contribution in [2.75, 3.05) is 27.4 Å². The molecule has 1 N–H and O–H groups in total. The molecule has 1 saturated heterocycles. The third-order valence-corrected chi connectivity index (χ3v) is 3.91. The Hall–Kier alpha value is -1.33. The largest absolute Gasteiger partial charge is 0.493 e. The molecule has 1 unspecified atom stereocenters. The predicted molar refractivity (Wildman–Crippen MR) is 77.1 cm³/mol. The van der Waals surface area contributed by atoms with Gasteiger partial charge < -0.3 is 14.6 Å². The Kier molecular flexibility index (Phi) is 5.61. The van der Waals surface area contributed by atoms with E-state index in [1.807, 2.05) is 6.07 Å². The molecule has 20 heavy (non-hydrogen) atoms. The third-order valence-electron chi connectivity index (χ3n) is 3.91. The van der Waals surface area contributed by atoms with Crippen LogP contribution in [-0.2, 0) is 6.54 Å². The number of aliphatic hydroxyl groups is 1. The average molecular weight is 280 g/mol. The van der Waals surface area contributed by atoms with Gasteiger partial charge in [0.05, 0.1) is 14.2 Å². The molecule has 0 amide bonds. The molecule has 5 heteroatoms. The fraction of sp³-hybridized carbons (Fsp3) is 0.667. The number of rotatable bonds is 7. The molecule has 1 aromatic heterocycles. The highest BCUT2D eigenvalue weighted by Crippen LogP contribution is 2.32. The molecule has 112 valence electrons. The van der Waals surface area contributed by atoms with E-state index < -0.39 is 0 Å². The smallest absolute Gasteiger partial charge is 0.183 e. The minimum atomic E-state index is 0.269. The van der Waals surface area contributed by atoms with Crippen LogP contribution < -0.4 is 9.47 Å². The van der Waals surface area contributed by atoms with E-state index in [-0.39, 0.29) is 6.61 Å². The fourth-order valence-electron chi connectivity index (χ4n) is 2.91. The number of pyridine rings is 1. The molecule has 0 radical (unpaired) electrons. The van der Waals surface area contributed by atoms with E-state index in [9.17, 15) is 0 Å². The topological polar surface area (TPSA) is 54.8 Å². The third kappa shape index (κ3) is 3.41. The van der Waals surface area contributed by atoms with Crippen LogP contribution in [0.1, 0.15) is 31.4 Å². The van der Waals surface area contributed by atoms with Crippen molar-refractivity contribution in [1.82, 2.24) is 9.88 Å². The highest BCUT2D eigenvalue weighted by atomic mass is 16.5. The van der Waals surface area contributed by atoms with Crippen molar-refractivity contribution in [3.63, 3.8) is 0 Å². The molecule has 1 fully saturated rings. The molecular formula is C15H24N2O3. The number of hydrogen-bond acceptors (Lipinski definition) is 5. The van der Waals surface area contributed by atoms with Crippen LogP contribution >= 0.6 is 0 Å². The molecule has 1 aliphatic rings. The van der Waals surface area contributed by atoms with Gasteiger partial charge in [0.25, 0.3) is 0 Å². The number of aromatic nitrogens is 1. The van der Waals surface area contributed by atoms with Crippen LogP contribution in [0.4, 0.5) is 0 Å². The van der Waals surface area contributed by atoms with Gasteiger partial charge in [-0.1, -0.05) is 0 Å². The first kappa shape index (κ1) is 15.1. The summed E-state index contributed by atoms with van der Waals surface area (Å²) in [4.78, 5) is 6.87. The van der Waals surface area contributed by atoms with Crippen molar-refractivity contribution in [2.45, 2.75) is 38.3 Å². The summed E-state index contributed by atoms with van der Waals surface area (Å²) in [7, 11) is 3.29. The Labute approximate surface area is 120 Å². The second-order valence-corrected chi connectivity index (χ2v) is 5.13. The first-order chi connectivity index (χ1) is 9.80. The first-order valence-electron chi connectivity index (χ1n) is 7.21. The summed E-state index contributed by atoms with van der Waals surface area (Å²) in [6.45, 7) is 2.12. The normalized spacial score (nSPS) is 19.2. The van der Waals surface area contributed by atoms with E-state index >= 15 is 0 Å². The van der Waals surface area contributed by atoms with Gasteiger partial charge in [-0.3, -0.25) is 9.88 Å². The van der Waals surface area contributed by atoms with Crippen molar-refractivity contribution in [2.24, 2.45) is 0 Å². The van der Waals surface area contributed by atoms with Crippen molar-refractivity contribution < 1.29 is 14.6 Å².